The van der Waals surface area contributed by atoms with Gasteiger partial charge in [0.1, 0.15) is 5.75 Å². The van der Waals surface area contributed by atoms with Crippen molar-refractivity contribution in [3.8, 4) is 5.75 Å². The van der Waals surface area contributed by atoms with Crippen molar-refractivity contribution in [2.75, 3.05) is 6.61 Å². The molecule has 0 spiro atoms. The molecule has 0 saturated heterocycles. The standard InChI is InChI=1S/C11H13BrO/c1-2-8-6-10(12)7-9-4-3-5-13-11(8)9/h6-7H,2-5H2,1H3. The summed E-state index contributed by atoms with van der Waals surface area (Å²) >= 11 is 3.53. The summed E-state index contributed by atoms with van der Waals surface area (Å²) in [5.41, 5.74) is 2.68. The summed E-state index contributed by atoms with van der Waals surface area (Å²) in [5.74, 6) is 1.14. The van der Waals surface area contributed by atoms with Crippen molar-refractivity contribution in [1.29, 1.82) is 0 Å². The molecular formula is C11H13BrO. The molecule has 1 heterocycles. The second-order valence-corrected chi connectivity index (χ2v) is 4.27. The van der Waals surface area contributed by atoms with Crippen molar-refractivity contribution in [2.45, 2.75) is 26.2 Å². The van der Waals surface area contributed by atoms with Gasteiger partial charge in [0.05, 0.1) is 6.61 Å². The Hall–Kier alpha value is -0.500. The maximum Gasteiger partial charge on any atom is 0.125 e. The maximum atomic E-state index is 5.68. The van der Waals surface area contributed by atoms with E-state index < -0.39 is 0 Å². The highest BCUT2D eigenvalue weighted by Gasteiger charge is 2.14. The first-order valence-electron chi connectivity index (χ1n) is 4.75. The van der Waals surface area contributed by atoms with Crippen LogP contribution in [0, 0.1) is 0 Å². The molecule has 0 aromatic heterocycles. The predicted molar refractivity (Wildman–Crippen MR) is 57.3 cm³/mol. The van der Waals surface area contributed by atoms with E-state index in [1.807, 2.05) is 0 Å². The van der Waals surface area contributed by atoms with Crippen LogP contribution >= 0.6 is 15.9 Å². The topological polar surface area (TPSA) is 9.23 Å². The smallest absolute Gasteiger partial charge is 0.125 e. The first-order valence-corrected chi connectivity index (χ1v) is 5.54. The SMILES string of the molecule is CCc1cc(Br)cc2c1OCCC2. The van der Waals surface area contributed by atoms with Gasteiger partial charge in [-0.15, -0.1) is 0 Å². The van der Waals surface area contributed by atoms with Gasteiger partial charge in [0.25, 0.3) is 0 Å². The lowest BCUT2D eigenvalue weighted by Crippen LogP contribution is -2.10. The highest BCUT2D eigenvalue weighted by molar-refractivity contribution is 9.10. The van der Waals surface area contributed by atoms with E-state index in [1.165, 1.54) is 15.6 Å². The van der Waals surface area contributed by atoms with Crippen LogP contribution in [0.2, 0.25) is 0 Å². The van der Waals surface area contributed by atoms with E-state index in [0.717, 1.165) is 31.6 Å². The molecule has 1 aliphatic rings. The van der Waals surface area contributed by atoms with E-state index in [2.05, 4.69) is 35.0 Å². The average molecular weight is 241 g/mol. The van der Waals surface area contributed by atoms with E-state index >= 15 is 0 Å². The molecule has 0 bridgehead atoms. The molecule has 1 nitrogen and oxygen atoms in total. The third-order valence-electron chi connectivity index (χ3n) is 2.43. The zero-order valence-corrected chi connectivity index (χ0v) is 9.36. The third kappa shape index (κ3) is 1.73. The highest BCUT2D eigenvalue weighted by atomic mass is 79.9. The van der Waals surface area contributed by atoms with Gasteiger partial charge in [-0.25, -0.2) is 0 Å². The Morgan fingerprint density at radius 2 is 2.31 bits per heavy atom. The predicted octanol–water partition coefficient (Wildman–Crippen LogP) is 3.34. The number of ether oxygens (including phenoxy) is 1. The Morgan fingerprint density at radius 1 is 1.46 bits per heavy atom. The molecule has 0 atom stereocenters. The second kappa shape index (κ2) is 3.70. The quantitative estimate of drug-likeness (QED) is 0.732. The molecule has 1 aromatic rings. The first kappa shape index (κ1) is 9.07. The lowest BCUT2D eigenvalue weighted by Gasteiger charge is -2.20. The van der Waals surface area contributed by atoms with Crippen molar-refractivity contribution in [2.24, 2.45) is 0 Å². The van der Waals surface area contributed by atoms with Crippen LogP contribution in [0.1, 0.15) is 24.5 Å². The normalized spacial score (nSPS) is 14.9. The molecule has 0 saturated carbocycles. The molecule has 0 amide bonds. The average Bonchev–Trinajstić information content (AvgIpc) is 2.16. The Bertz CT molecular complexity index is 303. The number of rotatable bonds is 1. The zero-order chi connectivity index (χ0) is 9.26. The summed E-state index contributed by atoms with van der Waals surface area (Å²) in [6.45, 7) is 3.04. The minimum Gasteiger partial charge on any atom is -0.493 e. The van der Waals surface area contributed by atoms with Gasteiger partial charge >= 0.3 is 0 Å². The van der Waals surface area contributed by atoms with Crippen molar-refractivity contribution in [3.05, 3.63) is 27.7 Å². The van der Waals surface area contributed by atoms with E-state index in [9.17, 15) is 0 Å². The Morgan fingerprint density at radius 3 is 3.08 bits per heavy atom. The van der Waals surface area contributed by atoms with E-state index in [0.29, 0.717) is 0 Å². The van der Waals surface area contributed by atoms with Crippen LogP contribution in [0.5, 0.6) is 5.75 Å². The van der Waals surface area contributed by atoms with Crippen molar-refractivity contribution >= 4 is 15.9 Å². The fraction of sp³-hybridized carbons (Fsp3) is 0.455. The molecule has 1 aromatic carbocycles. The lowest BCUT2D eigenvalue weighted by atomic mass is 10.0. The second-order valence-electron chi connectivity index (χ2n) is 3.36. The van der Waals surface area contributed by atoms with Crippen LogP contribution in [0.15, 0.2) is 16.6 Å². The fourth-order valence-corrected chi connectivity index (χ4v) is 2.34. The Balaban J connectivity index is 2.50. The largest absolute Gasteiger partial charge is 0.493 e. The van der Waals surface area contributed by atoms with Crippen molar-refractivity contribution in [3.63, 3.8) is 0 Å². The maximum absolute atomic E-state index is 5.68. The van der Waals surface area contributed by atoms with Gasteiger partial charge in [0, 0.05) is 4.47 Å². The number of fused-ring (bicyclic) bond motifs is 1. The van der Waals surface area contributed by atoms with Gasteiger partial charge in [0.15, 0.2) is 0 Å². The zero-order valence-electron chi connectivity index (χ0n) is 7.77. The molecule has 0 unspecified atom stereocenters. The molecule has 0 aliphatic carbocycles. The summed E-state index contributed by atoms with van der Waals surface area (Å²) in [4.78, 5) is 0. The molecule has 70 valence electrons. The summed E-state index contributed by atoms with van der Waals surface area (Å²) < 4.78 is 6.85. The van der Waals surface area contributed by atoms with Crippen LogP contribution < -0.4 is 4.74 Å². The fourth-order valence-electron chi connectivity index (χ4n) is 1.78. The van der Waals surface area contributed by atoms with Crippen LogP contribution in [-0.2, 0) is 12.8 Å². The van der Waals surface area contributed by atoms with Gasteiger partial charge in [0.2, 0.25) is 0 Å². The molecule has 2 rings (SSSR count). The van der Waals surface area contributed by atoms with Gasteiger partial charge < -0.3 is 4.74 Å². The van der Waals surface area contributed by atoms with Crippen molar-refractivity contribution in [1.82, 2.24) is 0 Å². The number of hydrogen-bond acceptors (Lipinski definition) is 1. The Kier molecular flexibility index (Phi) is 2.58. The van der Waals surface area contributed by atoms with Crippen LogP contribution in [0.3, 0.4) is 0 Å². The minimum atomic E-state index is 0.877. The highest BCUT2D eigenvalue weighted by Crippen LogP contribution is 2.32. The molecule has 1 aliphatic heterocycles. The minimum absolute atomic E-state index is 0.877. The third-order valence-corrected chi connectivity index (χ3v) is 2.88. The molecule has 0 N–H and O–H groups in total. The van der Waals surface area contributed by atoms with Gasteiger partial charge in [-0.05, 0) is 42.5 Å². The lowest BCUT2D eigenvalue weighted by molar-refractivity contribution is 0.285. The summed E-state index contributed by atoms with van der Waals surface area (Å²) in [5, 5.41) is 0. The van der Waals surface area contributed by atoms with E-state index in [4.69, 9.17) is 4.74 Å². The van der Waals surface area contributed by atoms with Gasteiger partial charge in [-0.3, -0.25) is 0 Å². The molecule has 13 heavy (non-hydrogen) atoms. The molecule has 2 heteroatoms. The summed E-state index contributed by atoms with van der Waals surface area (Å²) in [6, 6.07) is 4.33. The summed E-state index contributed by atoms with van der Waals surface area (Å²) in [6.07, 6.45) is 3.34. The van der Waals surface area contributed by atoms with Crippen LogP contribution in [0.4, 0.5) is 0 Å². The number of benzene rings is 1. The van der Waals surface area contributed by atoms with Crippen molar-refractivity contribution < 1.29 is 4.74 Å². The first-order chi connectivity index (χ1) is 6.31. The molecule has 0 radical (unpaired) electrons. The van der Waals surface area contributed by atoms with E-state index in [-0.39, 0.29) is 0 Å². The van der Waals surface area contributed by atoms with Crippen LogP contribution in [-0.4, -0.2) is 6.61 Å². The van der Waals surface area contributed by atoms with Gasteiger partial charge in [-0.2, -0.15) is 0 Å². The van der Waals surface area contributed by atoms with E-state index in [1.54, 1.807) is 0 Å². The number of aryl methyl sites for hydroxylation is 2. The number of hydrogen-bond donors (Lipinski definition) is 0. The monoisotopic (exact) mass is 240 g/mol. The Labute approximate surface area is 87.2 Å². The van der Waals surface area contributed by atoms with Crippen LogP contribution in [0.25, 0.3) is 0 Å². The summed E-state index contributed by atoms with van der Waals surface area (Å²) in [7, 11) is 0. The molecular weight excluding hydrogens is 228 g/mol. The number of halogens is 1. The van der Waals surface area contributed by atoms with Gasteiger partial charge in [-0.1, -0.05) is 22.9 Å². The molecule has 0 fully saturated rings.